The molecule has 72 valence electrons. The molecule has 1 heterocycles. The summed E-state index contributed by atoms with van der Waals surface area (Å²) in [4.78, 5) is 13.9. The van der Waals surface area contributed by atoms with E-state index < -0.39 is 5.97 Å². The Bertz CT molecular complexity index is 488. The second-order valence-electron chi connectivity index (χ2n) is 3.05. The summed E-state index contributed by atoms with van der Waals surface area (Å²) in [6.07, 6.45) is 1.75. The molecule has 0 unspecified atom stereocenters. The number of nitrogens with two attached hydrogens (primary N) is 1. The van der Waals surface area contributed by atoms with Crippen LogP contribution in [0.3, 0.4) is 0 Å². The molecule has 1 aromatic carbocycles. The molecule has 14 heavy (non-hydrogen) atoms. The summed E-state index contributed by atoms with van der Waals surface area (Å²) >= 11 is 0. The van der Waals surface area contributed by atoms with Gasteiger partial charge in [0.1, 0.15) is 0 Å². The monoisotopic (exact) mass is 190 g/mol. The first-order valence-electron chi connectivity index (χ1n) is 4.26. The van der Waals surface area contributed by atoms with Gasteiger partial charge in [-0.3, -0.25) is 0 Å². The van der Waals surface area contributed by atoms with Crippen molar-refractivity contribution in [2.45, 2.75) is 6.54 Å². The molecular formula is C10H10N2O2. The molecule has 0 radical (unpaired) electrons. The van der Waals surface area contributed by atoms with Gasteiger partial charge in [-0.25, -0.2) is 4.79 Å². The van der Waals surface area contributed by atoms with E-state index >= 15 is 0 Å². The summed E-state index contributed by atoms with van der Waals surface area (Å²) in [6.45, 7) is 0.338. The molecule has 0 saturated carbocycles. The number of aromatic carboxylic acids is 1. The molecule has 0 atom stereocenters. The summed E-state index contributed by atoms with van der Waals surface area (Å²) in [5.41, 5.74) is 7.45. The number of hydrogen-bond acceptors (Lipinski definition) is 2. The van der Waals surface area contributed by atoms with Crippen LogP contribution in [0.4, 0.5) is 0 Å². The SMILES string of the molecule is NCc1c[nH]c2cccc(C(=O)O)c12. The average molecular weight is 190 g/mol. The molecule has 0 amide bonds. The van der Waals surface area contributed by atoms with Crippen molar-refractivity contribution in [3.05, 3.63) is 35.5 Å². The van der Waals surface area contributed by atoms with Crippen molar-refractivity contribution in [3.8, 4) is 0 Å². The summed E-state index contributed by atoms with van der Waals surface area (Å²) < 4.78 is 0. The van der Waals surface area contributed by atoms with E-state index in [9.17, 15) is 4.79 Å². The number of aromatic amines is 1. The Morgan fingerprint density at radius 3 is 2.93 bits per heavy atom. The van der Waals surface area contributed by atoms with Crippen LogP contribution in [0.1, 0.15) is 15.9 Å². The normalized spacial score (nSPS) is 10.6. The van der Waals surface area contributed by atoms with Gasteiger partial charge in [0.25, 0.3) is 0 Å². The maximum atomic E-state index is 10.9. The van der Waals surface area contributed by atoms with Gasteiger partial charge in [-0.2, -0.15) is 0 Å². The molecule has 0 aliphatic rings. The average Bonchev–Trinajstić information content (AvgIpc) is 2.59. The molecule has 0 spiro atoms. The predicted octanol–water partition coefficient (Wildman–Crippen LogP) is 1.32. The smallest absolute Gasteiger partial charge is 0.336 e. The van der Waals surface area contributed by atoms with E-state index in [0.29, 0.717) is 17.5 Å². The zero-order valence-corrected chi connectivity index (χ0v) is 7.45. The van der Waals surface area contributed by atoms with Crippen LogP contribution in [0.5, 0.6) is 0 Å². The van der Waals surface area contributed by atoms with E-state index in [0.717, 1.165) is 11.1 Å². The first-order valence-corrected chi connectivity index (χ1v) is 4.26. The number of carboxylic acid groups (broad SMARTS) is 1. The number of carbonyl (C=O) groups is 1. The van der Waals surface area contributed by atoms with Crippen LogP contribution < -0.4 is 5.73 Å². The highest BCUT2D eigenvalue weighted by Gasteiger charge is 2.11. The maximum Gasteiger partial charge on any atom is 0.336 e. The molecule has 4 heteroatoms. The minimum Gasteiger partial charge on any atom is -0.478 e. The molecule has 0 bridgehead atoms. The lowest BCUT2D eigenvalue weighted by Gasteiger charge is -1.99. The lowest BCUT2D eigenvalue weighted by atomic mass is 10.1. The molecule has 4 nitrogen and oxygen atoms in total. The van der Waals surface area contributed by atoms with Gasteiger partial charge < -0.3 is 15.8 Å². The van der Waals surface area contributed by atoms with E-state index in [1.807, 2.05) is 6.07 Å². The number of H-pyrrole nitrogens is 1. The second-order valence-corrected chi connectivity index (χ2v) is 3.05. The quantitative estimate of drug-likeness (QED) is 0.668. The molecule has 2 aromatic rings. The van der Waals surface area contributed by atoms with Gasteiger partial charge in [-0.15, -0.1) is 0 Å². The number of rotatable bonds is 2. The van der Waals surface area contributed by atoms with Crippen LogP contribution in [0.2, 0.25) is 0 Å². The van der Waals surface area contributed by atoms with Gasteiger partial charge in [0.2, 0.25) is 0 Å². The van der Waals surface area contributed by atoms with Crippen LogP contribution in [0.25, 0.3) is 10.9 Å². The van der Waals surface area contributed by atoms with Crippen molar-refractivity contribution in [3.63, 3.8) is 0 Å². The third-order valence-electron chi connectivity index (χ3n) is 2.24. The Morgan fingerprint density at radius 1 is 1.50 bits per heavy atom. The molecule has 1 aromatic heterocycles. The van der Waals surface area contributed by atoms with Crippen LogP contribution in [0, 0.1) is 0 Å². The van der Waals surface area contributed by atoms with Crippen molar-refractivity contribution < 1.29 is 9.90 Å². The highest BCUT2D eigenvalue weighted by molar-refractivity contribution is 6.04. The molecule has 0 saturated heterocycles. The first-order chi connectivity index (χ1) is 6.74. The number of fused-ring (bicyclic) bond motifs is 1. The minimum atomic E-state index is -0.926. The number of benzene rings is 1. The zero-order valence-electron chi connectivity index (χ0n) is 7.45. The van der Waals surface area contributed by atoms with Crippen LogP contribution in [-0.2, 0) is 6.54 Å². The Kier molecular flexibility index (Phi) is 1.98. The number of aromatic nitrogens is 1. The fraction of sp³-hybridized carbons (Fsp3) is 0.100. The fourth-order valence-corrected chi connectivity index (χ4v) is 1.59. The summed E-state index contributed by atoms with van der Waals surface area (Å²) in [5, 5.41) is 9.68. The Labute approximate surface area is 80.3 Å². The van der Waals surface area contributed by atoms with E-state index in [-0.39, 0.29) is 0 Å². The first kappa shape index (κ1) is 8.77. The predicted molar refractivity (Wildman–Crippen MR) is 53.1 cm³/mol. The van der Waals surface area contributed by atoms with E-state index in [1.165, 1.54) is 0 Å². The van der Waals surface area contributed by atoms with Gasteiger partial charge >= 0.3 is 5.97 Å². The van der Waals surface area contributed by atoms with E-state index in [4.69, 9.17) is 10.8 Å². The zero-order chi connectivity index (χ0) is 10.1. The van der Waals surface area contributed by atoms with Gasteiger partial charge in [0, 0.05) is 23.6 Å². The Balaban J connectivity index is 2.81. The third kappa shape index (κ3) is 1.16. The lowest BCUT2D eigenvalue weighted by Crippen LogP contribution is -2.00. The van der Waals surface area contributed by atoms with Gasteiger partial charge in [0.15, 0.2) is 0 Å². The van der Waals surface area contributed by atoms with Crippen LogP contribution in [-0.4, -0.2) is 16.1 Å². The van der Waals surface area contributed by atoms with Crippen molar-refractivity contribution >= 4 is 16.9 Å². The molecule has 0 aliphatic heterocycles. The molecular weight excluding hydrogens is 180 g/mol. The molecule has 0 fully saturated rings. The fourth-order valence-electron chi connectivity index (χ4n) is 1.59. The van der Waals surface area contributed by atoms with Crippen LogP contribution in [0.15, 0.2) is 24.4 Å². The number of carboxylic acids is 1. The lowest BCUT2D eigenvalue weighted by molar-refractivity contribution is 0.0699. The van der Waals surface area contributed by atoms with Crippen molar-refractivity contribution in [2.75, 3.05) is 0 Å². The molecule has 2 rings (SSSR count). The Morgan fingerprint density at radius 2 is 2.29 bits per heavy atom. The highest BCUT2D eigenvalue weighted by atomic mass is 16.4. The van der Waals surface area contributed by atoms with E-state index in [2.05, 4.69) is 4.98 Å². The third-order valence-corrected chi connectivity index (χ3v) is 2.24. The molecule has 0 aliphatic carbocycles. The van der Waals surface area contributed by atoms with Gasteiger partial charge in [-0.1, -0.05) is 6.07 Å². The topological polar surface area (TPSA) is 79.1 Å². The van der Waals surface area contributed by atoms with Gasteiger partial charge in [-0.05, 0) is 17.7 Å². The van der Waals surface area contributed by atoms with Crippen molar-refractivity contribution in [2.24, 2.45) is 5.73 Å². The highest BCUT2D eigenvalue weighted by Crippen LogP contribution is 2.22. The summed E-state index contributed by atoms with van der Waals surface area (Å²) in [5.74, 6) is -0.926. The standard InChI is InChI=1S/C10H10N2O2/c11-4-6-5-12-8-3-1-2-7(9(6)8)10(13)14/h1-3,5,12H,4,11H2,(H,13,14). The maximum absolute atomic E-state index is 10.9. The molecule has 4 N–H and O–H groups in total. The van der Waals surface area contributed by atoms with Crippen molar-refractivity contribution in [1.82, 2.24) is 4.98 Å². The summed E-state index contributed by atoms with van der Waals surface area (Å²) in [7, 11) is 0. The van der Waals surface area contributed by atoms with Crippen LogP contribution >= 0.6 is 0 Å². The van der Waals surface area contributed by atoms with Crippen molar-refractivity contribution in [1.29, 1.82) is 0 Å². The summed E-state index contributed by atoms with van der Waals surface area (Å²) in [6, 6.07) is 5.13. The number of hydrogen-bond donors (Lipinski definition) is 3. The second kappa shape index (κ2) is 3.16. The van der Waals surface area contributed by atoms with Gasteiger partial charge in [0.05, 0.1) is 5.56 Å². The largest absolute Gasteiger partial charge is 0.478 e. The number of nitrogens with one attached hydrogen (secondary N) is 1. The Hall–Kier alpha value is -1.81. The minimum absolute atomic E-state index is 0.296. The van der Waals surface area contributed by atoms with E-state index in [1.54, 1.807) is 18.3 Å².